The van der Waals surface area contributed by atoms with Crippen LogP contribution in [-0.2, 0) is 0 Å². The molecule has 0 spiro atoms. The molecule has 1 atom stereocenters. The molecule has 0 aliphatic carbocycles. The highest BCUT2D eigenvalue weighted by molar-refractivity contribution is 5.61. The van der Waals surface area contributed by atoms with Crippen LogP contribution < -0.4 is 5.32 Å². The fraction of sp³-hybridized carbons (Fsp3) is 0.571. The number of hydrogen-bond donors (Lipinski definition) is 1. The molecule has 1 rings (SSSR count). The summed E-state index contributed by atoms with van der Waals surface area (Å²) in [5.74, 6) is -0.334. The fourth-order valence-electron chi connectivity index (χ4n) is 2.04. The molecule has 0 amide bonds. The molecule has 1 aromatic rings. The topological polar surface area (TPSA) is 55.2 Å². The molecule has 0 saturated heterocycles. The number of rotatable bonds is 8. The van der Waals surface area contributed by atoms with E-state index in [1.165, 1.54) is 6.07 Å². The van der Waals surface area contributed by atoms with Gasteiger partial charge in [0.05, 0.1) is 4.92 Å². The number of benzene rings is 1. The number of hydrogen-bond acceptors (Lipinski definition) is 3. The smallest absolute Gasteiger partial charge is 0.327 e. The molecule has 1 aromatic carbocycles. The molecule has 0 radical (unpaired) electrons. The monoisotopic (exact) mass is 268 g/mol. The summed E-state index contributed by atoms with van der Waals surface area (Å²) in [6.07, 6.45) is 4.38. The van der Waals surface area contributed by atoms with Crippen molar-refractivity contribution in [3.05, 3.63) is 34.1 Å². The summed E-state index contributed by atoms with van der Waals surface area (Å²) in [4.78, 5) is 10.2. The molecule has 19 heavy (non-hydrogen) atoms. The summed E-state index contributed by atoms with van der Waals surface area (Å²) in [5, 5.41) is 13.9. The first-order chi connectivity index (χ1) is 9.10. The standard InChI is InChI=1S/C14H21FN2O2/c1-3-5-7-11(4-2)10-16-13-9-6-8-12(15)14(13)17(18)19/h6,8-9,11,16H,3-5,7,10H2,1-2H3. The van der Waals surface area contributed by atoms with Crippen LogP contribution in [-0.4, -0.2) is 11.5 Å². The first-order valence-electron chi connectivity index (χ1n) is 6.76. The van der Waals surface area contributed by atoms with E-state index >= 15 is 0 Å². The van der Waals surface area contributed by atoms with Gasteiger partial charge in [-0.15, -0.1) is 0 Å². The number of nitro benzene ring substituents is 1. The third-order valence-corrected chi connectivity index (χ3v) is 3.29. The molecule has 106 valence electrons. The predicted octanol–water partition coefficient (Wildman–Crippen LogP) is 4.36. The summed E-state index contributed by atoms with van der Waals surface area (Å²) in [7, 11) is 0. The molecule has 0 saturated carbocycles. The SMILES string of the molecule is CCCCC(CC)CNc1cccc(F)c1[N+](=O)[O-]. The van der Waals surface area contributed by atoms with Gasteiger partial charge in [-0.2, -0.15) is 4.39 Å². The third kappa shape index (κ3) is 4.50. The number of nitro groups is 1. The molecule has 5 heteroatoms. The van der Waals surface area contributed by atoms with Gasteiger partial charge in [0, 0.05) is 6.54 Å². The van der Waals surface area contributed by atoms with E-state index in [0.717, 1.165) is 31.7 Å². The largest absolute Gasteiger partial charge is 0.379 e. The maximum absolute atomic E-state index is 13.4. The van der Waals surface area contributed by atoms with Gasteiger partial charge < -0.3 is 5.32 Å². The minimum Gasteiger partial charge on any atom is -0.379 e. The average Bonchev–Trinajstić information content (AvgIpc) is 2.38. The van der Waals surface area contributed by atoms with Crippen LogP contribution in [0.4, 0.5) is 15.8 Å². The third-order valence-electron chi connectivity index (χ3n) is 3.29. The zero-order valence-electron chi connectivity index (χ0n) is 11.5. The zero-order valence-corrected chi connectivity index (χ0v) is 11.5. The van der Waals surface area contributed by atoms with Gasteiger partial charge in [-0.3, -0.25) is 10.1 Å². The van der Waals surface area contributed by atoms with Crippen LogP contribution in [0.15, 0.2) is 18.2 Å². The van der Waals surface area contributed by atoms with Crippen LogP contribution in [0.3, 0.4) is 0 Å². The van der Waals surface area contributed by atoms with Crippen LogP contribution >= 0.6 is 0 Å². The van der Waals surface area contributed by atoms with Crippen molar-refractivity contribution in [3.8, 4) is 0 Å². The Morgan fingerprint density at radius 2 is 2.16 bits per heavy atom. The van der Waals surface area contributed by atoms with E-state index in [-0.39, 0.29) is 5.69 Å². The lowest BCUT2D eigenvalue weighted by Crippen LogP contribution is -2.14. The second-order valence-corrected chi connectivity index (χ2v) is 4.69. The number of nitrogens with zero attached hydrogens (tertiary/aromatic N) is 1. The van der Waals surface area contributed by atoms with Crippen LogP contribution in [0.25, 0.3) is 0 Å². The summed E-state index contributed by atoms with van der Waals surface area (Å²) in [5.41, 5.74) is -0.201. The Morgan fingerprint density at radius 3 is 2.74 bits per heavy atom. The Hall–Kier alpha value is -1.65. The molecule has 0 aromatic heterocycles. The Kier molecular flexibility index (Phi) is 6.25. The number of unbranched alkanes of at least 4 members (excludes halogenated alkanes) is 1. The van der Waals surface area contributed by atoms with E-state index in [1.54, 1.807) is 6.07 Å². The van der Waals surface area contributed by atoms with Crippen molar-refractivity contribution in [2.24, 2.45) is 5.92 Å². The molecule has 0 heterocycles. The lowest BCUT2D eigenvalue weighted by molar-refractivity contribution is -0.386. The molecular formula is C14H21FN2O2. The summed E-state index contributed by atoms with van der Waals surface area (Å²) in [6.45, 7) is 4.88. The second kappa shape index (κ2) is 7.71. The Bertz CT molecular complexity index is 424. The lowest BCUT2D eigenvalue weighted by Gasteiger charge is -2.16. The van der Waals surface area contributed by atoms with Crippen molar-refractivity contribution >= 4 is 11.4 Å². The minimum absolute atomic E-state index is 0.264. The molecule has 4 nitrogen and oxygen atoms in total. The van der Waals surface area contributed by atoms with E-state index in [9.17, 15) is 14.5 Å². The molecule has 0 fully saturated rings. The van der Waals surface area contributed by atoms with Crippen LogP contribution in [0.2, 0.25) is 0 Å². The normalized spacial score (nSPS) is 12.2. The van der Waals surface area contributed by atoms with Crippen molar-refractivity contribution in [1.29, 1.82) is 0 Å². The van der Waals surface area contributed by atoms with Gasteiger partial charge >= 0.3 is 5.69 Å². The van der Waals surface area contributed by atoms with Gasteiger partial charge in [0.25, 0.3) is 0 Å². The van der Waals surface area contributed by atoms with Crippen molar-refractivity contribution < 1.29 is 9.31 Å². The predicted molar refractivity (Wildman–Crippen MR) is 74.9 cm³/mol. The Morgan fingerprint density at radius 1 is 1.42 bits per heavy atom. The maximum Gasteiger partial charge on any atom is 0.327 e. The molecule has 0 aliphatic rings. The minimum atomic E-state index is -0.795. The van der Waals surface area contributed by atoms with E-state index in [1.807, 2.05) is 0 Å². The molecular weight excluding hydrogens is 247 g/mol. The van der Waals surface area contributed by atoms with Gasteiger partial charge in [0.15, 0.2) is 0 Å². The van der Waals surface area contributed by atoms with Gasteiger partial charge in [-0.25, -0.2) is 0 Å². The van der Waals surface area contributed by atoms with Crippen molar-refractivity contribution in [2.75, 3.05) is 11.9 Å². The zero-order chi connectivity index (χ0) is 14.3. The van der Waals surface area contributed by atoms with Crippen molar-refractivity contribution in [1.82, 2.24) is 0 Å². The number of para-hydroxylation sites is 1. The molecule has 0 aliphatic heterocycles. The van der Waals surface area contributed by atoms with Gasteiger partial charge in [-0.05, 0) is 24.5 Å². The van der Waals surface area contributed by atoms with E-state index in [2.05, 4.69) is 19.2 Å². The second-order valence-electron chi connectivity index (χ2n) is 4.69. The summed E-state index contributed by atoms with van der Waals surface area (Å²) in [6, 6.07) is 4.14. The van der Waals surface area contributed by atoms with E-state index in [4.69, 9.17) is 0 Å². The van der Waals surface area contributed by atoms with E-state index < -0.39 is 16.4 Å². The highest BCUT2D eigenvalue weighted by atomic mass is 19.1. The molecule has 1 unspecified atom stereocenters. The maximum atomic E-state index is 13.4. The van der Waals surface area contributed by atoms with E-state index in [0.29, 0.717) is 12.5 Å². The first-order valence-corrected chi connectivity index (χ1v) is 6.76. The molecule has 1 N–H and O–H groups in total. The summed E-state index contributed by atoms with van der Waals surface area (Å²) < 4.78 is 13.4. The average molecular weight is 268 g/mol. The quantitative estimate of drug-likeness (QED) is 0.563. The highest BCUT2D eigenvalue weighted by Gasteiger charge is 2.20. The molecule has 0 bridgehead atoms. The van der Waals surface area contributed by atoms with Gasteiger partial charge in [0.2, 0.25) is 5.82 Å². The van der Waals surface area contributed by atoms with Crippen molar-refractivity contribution in [3.63, 3.8) is 0 Å². The Balaban J connectivity index is 2.71. The highest BCUT2D eigenvalue weighted by Crippen LogP contribution is 2.27. The number of anilines is 1. The number of halogens is 1. The Labute approximate surface area is 113 Å². The van der Waals surface area contributed by atoms with Crippen LogP contribution in [0, 0.1) is 21.8 Å². The first kappa shape index (κ1) is 15.4. The van der Waals surface area contributed by atoms with Gasteiger partial charge in [0.1, 0.15) is 5.69 Å². The lowest BCUT2D eigenvalue weighted by atomic mass is 9.99. The summed E-state index contributed by atoms with van der Waals surface area (Å²) >= 11 is 0. The number of nitrogens with one attached hydrogen (secondary N) is 1. The fourth-order valence-corrected chi connectivity index (χ4v) is 2.04. The van der Waals surface area contributed by atoms with Gasteiger partial charge in [-0.1, -0.05) is 39.2 Å². The van der Waals surface area contributed by atoms with Crippen molar-refractivity contribution in [2.45, 2.75) is 39.5 Å². The van der Waals surface area contributed by atoms with Crippen LogP contribution in [0.5, 0.6) is 0 Å². The van der Waals surface area contributed by atoms with Crippen LogP contribution in [0.1, 0.15) is 39.5 Å².